The molecule has 4 nitrogen and oxygen atoms in total. The van der Waals surface area contributed by atoms with Crippen molar-refractivity contribution in [1.29, 1.82) is 0 Å². The highest BCUT2D eigenvalue weighted by molar-refractivity contribution is 7.09. The highest BCUT2D eigenvalue weighted by Gasteiger charge is 2.43. The van der Waals surface area contributed by atoms with E-state index < -0.39 is 0 Å². The number of nitrogens with zero attached hydrogens (tertiary/aromatic N) is 1. The molecule has 0 saturated heterocycles. The monoisotopic (exact) mass is 401 g/mol. The summed E-state index contributed by atoms with van der Waals surface area (Å²) in [7, 11) is 0. The van der Waals surface area contributed by atoms with Crippen molar-refractivity contribution in [2.24, 2.45) is 11.7 Å². The molecule has 0 radical (unpaired) electrons. The molecule has 1 aliphatic rings. The summed E-state index contributed by atoms with van der Waals surface area (Å²) in [4.78, 5) is 17.3. The van der Waals surface area contributed by atoms with E-state index in [1.54, 1.807) is 11.3 Å². The summed E-state index contributed by atoms with van der Waals surface area (Å²) in [6.07, 6.45) is 3.04. The third-order valence-electron chi connectivity index (χ3n) is 4.73. The van der Waals surface area contributed by atoms with Gasteiger partial charge in [-0.15, -0.1) is 36.2 Å². The number of thiazole rings is 1. The number of halogens is 2. The summed E-state index contributed by atoms with van der Waals surface area (Å²) < 4.78 is 0. The van der Waals surface area contributed by atoms with Crippen molar-refractivity contribution in [3.63, 3.8) is 0 Å². The molecule has 2 aromatic rings. The SMILES string of the molecule is Cc1csc(C2(NC(=O)C(C)C(N)c3ccccc3)CCC2)n1.Cl.Cl. The van der Waals surface area contributed by atoms with Crippen LogP contribution in [-0.4, -0.2) is 10.9 Å². The molecule has 1 heterocycles. The van der Waals surface area contributed by atoms with Crippen LogP contribution < -0.4 is 11.1 Å². The predicted molar refractivity (Wildman–Crippen MR) is 108 cm³/mol. The van der Waals surface area contributed by atoms with Crippen molar-refractivity contribution in [2.75, 3.05) is 0 Å². The van der Waals surface area contributed by atoms with E-state index in [1.807, 2.05) is 49.6 Å². The van der Waals surface area contributed by atoms with Gasteiger partial charge in [-0.25, -0.2) is 4.98 Å². The van der Waals surface area contributed by atoms with Crippen molar-refractivity contribution in [3.05, 3.63) is 52.0 Å². The Labute approximate surface area is 165 Å². The zero-order valence-electron chi connectivity index (χ0n) is 14.4. The molecule has 0 bridgehead atoms. The number of rotatable bonds is 5. The molecule has 1 aliphatic carbocycles. The molecule has 138 valence electrons. The van der Waals surface area contributed by atoms with Crippen LogP contribution in [0, 0.1) is 12.8 Å². The summed E-state index contributed by atoms with van der Waals surface area (Å²) in [6, 6.07) is 9.49. The van der Waals surface area contributed by atoms with Crippen molar-refractivity contribution in [3.8, 4) is 0 Å². The summed E-state index contributed by atoms with van der Waals surface area (Å²) in [6.45, 7) is 3.88. The second-order valence-corrected chi connectivity index (χ2v) is 7.30. The average Bonchev–Trinajstić information content (AvgIpc) is 2.96. The van der Waals surface area contributed by atoms with Crippen molar-refractivity contribution < 1.29 is 4.79 Å². The number of amides is 1. The van der Waals surface area contributed by atoms with Crippen LogP contribution in [0.2, 0.25) is 0 Å². The summed E-state index contributed by atoms with van der Waals surface area (Å²) in [5, 5.41) is 6.30. The second-order valence-electron chi connectivity index (χ2n) is 6.44. The lowest BCUT2D eigenvalue weighted by molar-refractivity contribution is -0.128. The number of aromatic nitrogens is 1. The molecule has 2 unspecified atom stereocenters. The van der Waals surface area contributed by atoms with Crippen LogP contribution in [0.4, 0.5) is 0 Å². The first-order valence-corrected chi connectivity index (χ1v) is 8.95. The van der Waals surface area contributed by atoms with Gasteiger partial charge in [0.25, 0.3) is 0 Å². The van der Waals surface area contributed by atoms with Crippen LogP contribution in [0.1, 0.15) is 48.5 Å². The molecule has 1 fully saturated rings. The molecular formula is C18H25Cl2N3OS. The maximum absolute atomic E-state index is 12.7. The first-order valence-electron chi connectivity index (χ1n) is 8.07. The Morgan fingerprint density at radius 2 is 1.92 bits per heavy atom. The van der Waals surface area contributed by atoms with Crippen LogP contribution in [0.5, 0.6) is 0 Å². The first-order chi connectivity index (χ1) is 11.0. The zero-order valence-corrected chi connectivity index (χ0v) is 16.8. The molecule has 1 aromatic heterocycles. The number of hydrogen-bond acceptors (Lipinski definition) is 4. The van der Waals surface area contributed by atoms with Gasteiger partial charge in [-0.05, 0) is 31.7 Å². The van der Waals surface area contributed by atoms with E-state index in [9.17, 15) is 4.79 Å². The third-order valence-corrected chi connectivity index (χ3v) is 5.90. The van der Waals surface area contributed by atoms with E-state index in [0.717, 1.165) is 35.5 Å². The van der Waals surface area contributed by atoms with Crippen molar-refractivity contribution in [1.82, 2.24) is 10.3 Å². The summed E-state index contributed by atoms with van der Waals surface area (Å²) >= 11 is 1.63. The van der Waals surface area contributed by atoms with Gasteiger partial charge in [0.15, 0.2) is 0 Å². The molecule has 2 atom stereocenters. The normalized spacial score (nSPS) is 17.2. The van der Waals surface area contributed by atoms with Crippen LogP contribution in [0.3, 0.4) is 0 Å². The van der Waals surface area contributed by atoms with Crippen LogP contribution in [0.25, 0.3) is 0 Å². The maximum atomic E-state index is 12.7. The lowest BCUT2D eigenvalue weighted by Gasteiger charge is -2.41. The summed E-state index contributed by atoms with van der Waals surface area (Å²) in [5.41, 5.74) is 8.01. The van der Waals surface area contributed by atoms with Gasteiger partial charge in [0, 0.05) is 17.1 Å². The Balaban J connectivity index is 0.00000156. The lowest BCUT2D eigenvalue weighted by Crippen LogP contribution is -2.53. The zero-order chi connectivity index (χ0) is 16.4. The topological polar surface area (TPSA) is 68.0 Å². The smallest absolute Gasteiger partial charge is 0.225 e. The van der Waals surface area contributed by atoms with E-state index in [0.29, 0.717) is 0 Å². The largest absolute Gasteiger partial charge is 0.344 e. The Bertz CT molecular complexity index is 689. The van der Waals surface area contributed by atoms with Crippen molar-refractivity contribution in [2.45, 2.75) is 44.7 Å². The second kappa shape index (κ2) is 8.99. The fourth-order valence-corrected chi connectivity index (χ4v) is 3.99. The molecule has 1 saturated carbocycles. The van der Waals surface area contributed by atoms with Gasteiger partial charge >= 0.3 is 0 Å². The molecule has 0 spiro atoms. The first kappa shape index (κ1) is 21.9. The molecular weight excluding hydrogens is 377 g/mol. The quantitative estimate of drug-likeness (QED) is 0.790. The van der Waals surface area contributed by atoms with Crippen molar-refractivity contribution >= 4 is 42.1 Å². The highest BCUT2D eigenvalue weighted by atomic mass is 35.5. The number of aryl methyl sites for hydroxylation is 1. The number of carbonyl (C=O) groups is 1. The predicted octanol–water partition coefficient (Wildman–Crippen LogP) is 4.13. The van der Waals surface area contributed by atoms with E-state index in [1.165, 1.54) is 0 Å². The Morgan fingerprint density at radius 1 is 1.28 bits per heavy atom. The van der Waals surface area contributed by atoms with Gasteiger partial charge in [-0.2, -0.15) is 0 Å². The Kier molecular flexibility index (Phi) is 7.88. The maximum Gasteiger partial charge on any atom is 0.225 e. The summed E-state index contributed by atoms with van der Waals surface area (Å²) in [5.74, 6) is -0.273. The molecule has 3 rings (SSSR count). The number of carbonyl (C=O) groups excluding carboxylic acids is 1. The van der Waals surface area contributed by atoms with E-state index in [2.05, 4.69) is 10.3 Å². The molecule has 0 aliphatic heterocycles. The number of benzene rings is 1. The minimum Gasteiger partial charge on any atom is -0.344 e. The molecule has 1 amide bonds. The van der Waals surface area contributed by atoms with Crippen LogP contribution >= 0.6 is 36.2 Å². The van der Waals surface area contributed by atoms with Crippen LogP contribution in [0.15, 0.2) is 35.7 Å². The Morgan fingerprint density at radius 3 is 2.40 bits per heavy atom. The fraction of sp³-hybridized carbons (Fsp3) is 0.444. The highest BCUT2D eigenvalue weighted by Crippen LogP contribution is 2.43. The lowest BCUT2D eigenvalue weighted by atomic mass is 9.76. The minimum atomic E-state index is -0.300. The molecule has 3 N–H and O–H groups in total. The standard InChI is InChI=1S/C18H23N3OS.2ClH/c1-12-11-23-17(20-12)18(9-6-10-18)21-16(22)13(2)15(19)14-7-4-3-5-8-14;;/h3-5,7-8,11,13,15H,6,9-10,19H2,1-2H3,(H,21,22);2*1H. The van der Waals surface area contributed by atoms with Gasteiger partial charge < -0.3 is 11.1 Å². The minimum absolute atomic E-state index is 0. The van der Waals surface area contributed by atoms with E-state index >= 15 is 0 Å². The van der Waals surface area contributed by atoms with Gasteiger partial charge in [-0.1, -0.05) is 37.3 Å². The Hall–Kier alpha value is -1.14. The van der Waals surface area contributed by atoms with Gasteiger partial charge in [-0.3, -0.25) is 4.79 Å². The van der Waals surface area contributed by atoms with E-state index in [-0.39, 0.29) is 48.2 Å². The molecule has 25 heavy (non-hydrogen) atoms. The third kappa shape index (κ3) is 4.53. The number of nitrogens with two attached hydrogens (primary N) is 1. The fourth-order valence-electron chi connectivity index (χ4n) is 2.97. The molecule has 7 heteroatoms. The van der Waals surface area contributed by atoms with Crippen LogP contribution in [-0.2, 0) is 10.3 Å². The van der Waals surface area contributed by atoms with Gasteiger partial charge in [0.1, 0.15) is 5.01 Å². The number of hydrogen-bond donors (Lipinski definition) is 2. The van der Waals surface area contributed by atoms with Gasteiger partial charge in [0.2, 0.25) is 5.91 Å². The molecule has 1 aromatic carbocycles. The van der Waals surface area contributed by atoms with Gasteiger partial charge in [0.05, 0.1) is 11.5 Å². The average molecular weight is 402 g/mol. The number of nitrogens with one attached hydrogen (secondary N) is 1. The van der Waals surface area contributed by atoms with E-state index in [4.69, 9.17) is 5.73 Å².